The van der Waals surface area contributed by atoms with E-state index < -0.39 is 40.7 Å². The summed E-state index contributed by atoms with van der Waals surface area (Å²) in [6.45, 7) is 2.17. The van der Waals surface area contributed by atoms with Gasteiger partial charge in [-0.3, -0.25) is 24.5 Å². The molecule has 0 bridgehead atoms. The molecule has 0 saturated carbocycles. The zero-order valence-electron chi connectivity index (χ0n) is 20.8. The van der Waals surface area contributed by atoms with E-state index in [9.17, 15) is 24.5 Å². The minimum Gasteiger partial charge on any atom is -0.469 e. The number of carbonyl (C=O) groups is 3. The number of esters is 1. The predicted octanol–water partition coefficient (Wildman–Crippen LogP) is 4.73. The molecule has 38 heavy (non-hydrogen) atoms. The molecule has 9 nitrogen and oxygen atoms in total. The SMILES string of the molecule is COC(=O)C1CC(C(=O)NCc2ccc(C)cc2)N(C(=O)c2ccccc2Br)C1c1ccccc1[N+](=O)[O-]. The largest absolute Gasteiger partial charge is 0.469 e. The molecule has 1 heterocycles. The fourth-order valence-corrected chi connectivity index (χ4v) is 5.26. The van der Waals surface area contributed by atoms with E-state index in [-0.39, 0.29) is 29.8 Å². The molecule has 0 radical (unpaired) electrons. The highest BCUT2D eigenvalue weighted by atomic mass is 79.9. The molecule has 4 rings (SSSR count). The number of likely N-dealkylation sites (tertiary alicyclic amines) is 1. The standard InChI is InChI=1S/C28H26BrN3O6/c1-17-11-13-18(14-12-17)16-30-26(33)24-15-21(28(35)38-2)25(20-8-4-6-10-23(20)32(36)37)31(24)27(34)19-7-3-5-9-22(19)29/h3-14,21,24-25H,15-16H2,1-2H3,(H,30,33). The number of nitro benzene ring substituents is 1. The molecule has 0 aliphatic carbocycles. The quantitative estimate of drug-likeness (QED) is 0.245. The fraction of sp³-hybridized carbons (Fsp3) is 0.250. The summed E-state index contributed by atoms with van der Waals surface area (Å²) in [4.78, 5) is 53.2. The first kappa shape index (κ1) is 27.0. The van der Waals surface area contributed by atoms with Gasteiger partial charge in [0.15, 0.2) is 0 Å². The third kappa shape index (κ3) is 5.45. The van der Waals surface area contributed by atoms with Gasteiger partial charge in [-0.1, -0.05) is 60.2 Å². The Morgan fingerprint density at radius 2 is 1.71 bits per heavy atom. The van der Waals surface area contributed by atoms with Crippen LogP contribution >= 0.6 is 15.9 Å². The van der Waals surface area contributed by atoms with Crippen LogP contribution in [0.2, 0.25) is 0 Å². The summed E-state index contributed by atoms with van der Waals surface area (Å²) in [6, 6.07) is 18.1. The second-order valence-electron chi connectivity index (χ2n) is 9.04. The first-order valence-electron chi connectivity index (χ1n) is 11.9. The number of para-hydroxylation sites is 1. The van der Waals surface area contributed by atoms with Gasteiger partial charge >= 0.3 is 5.97 Å². The Morgan fingerprint density at radius 3 is 2.37 bits per heavy atom. The van der Waals surface area contributed by atoms with E-state index in [1.165, 1.54) is 30.2 Å². The van der Waals surface area contributed by atoms with E-state index in [1.54, 1.807) is 30.3 Å². The van der Waals surface area contributed by atoms with Crippen LogP contribution in [0, 0.1) is 23.0 Å². The van der Waals surface area contributed by atoms with Gasteiger partial charge < -0.3 is 15.0 Å². The molecule has 3 unspecified atom stereocenters. The summed E-state index contributed by atoms with van der Waals surface area (Å²) in [7, 11) is 1.21. The van der Waals surface area contributed by atoms with Crippen molar-refractivity contribution in [1.82, 2.24) is 10.2 Å². The lowest BCUT2D eigenvalue weighted by molar-refractivity contribution is -0.386. The Morgan fingerprint density at radius 1 is 1.05 bits per heavy atom. The van der Waals surface area contributed by atoms with Crippen LogP contribution < -0.4 is 5.32 Å². The lowest BCUT2D eigenvalue weighted by atomic mass is 9.91. The lowest BCUT2D eigenvalue weighted by Crippen LogP contribution is -2.47. The van der Waals surface area contributed by atoms with Crippen LogP contribution in [-0.2, 0) is 20.9 Å². The molecular weight excluding hydrogens is 554 g/mol. The van der Waals surface area contributed by atoms with Gasteiger partial charge in [-0.25, -0.2) is 0 Å². The number of nitrogens with one attached hydrogen (secondary N) is 1. The van der Waals surface area contributed by atoms with Crippen molar-refractivity contribution >= 4 is 39.4 Å². The molecular formula is C28H26BrN3O6. The van der Waals surface area contributed by atoms with E-state index in [0.29, 0.717) is 4.47 Å². The highest BCUT2D eigenvalue weighted by Gasteiger charge is 2.52. The molecule has 196 valence electrons. The second-order valence-corrected chi connectivity index (χ2v) is 9.89. The van der Waals surface area contributed by atoms with Crippen molar-refractivity contribution in [3.63, 3.8) is 0 Å². The van der Waals surface area contributed by atoms with E-state index in [4.69, 9.17) is 4.74 Å². The number of halogens is 1. The first-order chi connectivity index (χ1) is 18.2. The summed E-state index contributed by atoms with van der Waals surface area (Å²) in [5, 5.41) is 14.8. The van der Waals surface area contributed by atoms with Gasteiger partial charge in [-0.2, -0.15) is 0 Å². The van der Waals surface area contributed by atoms with Crippen molar-refractivity contribution in [2.45, 2.75) is 32.0 Å². The minimum atomic E-state index is -1.10. The van der Waals surface area contributed by atoms with Crippen LogP contribution in [0.5, 0.6) is 0 Å². The van der Waals surface area contributed by atoms with Crippen molar-refractivity contribution < 1.29 is 24.0 Å². The van der Waals surface area contributed by atoms with E-state index in [1.807, 2.05) is 31.2 Å². The monoisotopic (exact) mass is 579 g/mol. The molecule has 1 fully saturated rings. The van der Waals surface area contributed by atoms with Crippen molar-refractivity contribution in [1.29, 1.82) is 0 Å². The van der Waals surface area contributed by atoms with Crippen molar-refractivity contribution in [2.75, 3.05) is 7.11 Å². The molecule has 1 aliphatic heterocycles. The van der Waals surface area contributed by atoms with E-state index >= 15 is 0 Å². The predicted molar refractivity (Wildman–Crippen MR) is 143 cm³/mol. The van der Waals surface area contributed by atoms with Crippen LogP contribution in [0.15, 0.2) is 77.3 Å². The summed E-state index contributed by atoms with van der Waals surface area (Å²) in [5.74, 6) is -2.67. The first-order valence-corrected chi connectivity index (χ1v) is 12.7. The van der Waals surface area contributed by atoms with Crippen LogP contribution in [0.3, 0.4) is 0 Å². The van der Waals surface area contributed by atoms with Gasteiger partial charge in [-0.15, -0.1) is 0 Å². The number of aryl methyl sites for hydroxylation is 1. The molecule has 3 aromatic rings. The number of hydrogen-bond acceptors (Lipinski definition) is 6. The lowest BCUT2D eigenvalue weighted by Gasteiger charge is -2.31. The van der Waals surface area contributed by atoms with Crippen molar-refractivity contribution in [2.24, 2.45) is 5.92 Å². The van der Waals surface area contributed by atoms with Gasteiger partial charge in [0.25, 0.3) is 11.6 Å². The second kappa shape index (κ2) is 11.6. The van der Waals surface area contributed by atoms with Gasteiger partial charge in [0.05, 0.1) is 35.1 Å². The molecule has 1 aliphatic rings. The number of benzene rings is 3. The topological polar surface area (TPSA) is 119 Å². The number of carbonyl (C=O) groups excluding carboxylic acids is 3. The maximum absolute atomic E-state index is 14.0. The molecule has 3 atom stereocenters. The van der Waals surface area contributed by atoms with Crippen LogP contribution in [0.4, 0.5) is 5.69 Å². The third-order valence-electron chi connectivity index (χ3n) is 6.68. The van der Waals surface area contributed by atoms with Crippen molar-refractivity contribution in [3.8, 4) is 0 Å². The number of nitrogens with zero attached hydrogens (tertiary/aromatic N) is 2. The molecule has 1 saturated heterocycles. The minimum absolute atomic E-state index is 0.0562. The zero-order chi connectivity index (χ0) is 27.4. The molecule has 1 N–H and O–H groups in total. The number of hydrogen-bond donors (Lipinski definition) is 1. The Hall–Kier alpha value is -4.05. The van der Waals surface area contributed by atoms with Crippen LogP contribution in [-0.4, -0.2) is 40.8 Å². The average Bonchev–Trinajstić information content (AvgIpc) is 3.32. The molecule has 3 aromatic carbocycles. The number of methoxy groups -OCH3 is 1. The van der Waals surface area contributed by atoms with Gasteiger partial charge in [0, 0.05) is 17.1 Å². The summed E-state index contributed by atoms with van der Waals surface area (Å²) < 4.78 is 5.52. The zero-order valence-corrected chi connectivity index (χ0v) is 22.4. The normalized spacial score (nSPS) is 18.6. The highest BCUT2D eigenvalue weighted by Crippen LogP contribution is 2.45. The Balaban J connectivity index is 1.79. The number of amides is 2. The third-order valence-corrected chi connectivity index (χ3v) is 7.37. The maximum atomic E-state index is 14.0. The Labute approximate surface area is 228 Å². The molecule has 2 amide bonds. The maximum Gasteiger partial charge on any atom is 0.311 e. The van der Waals surface area contributed by atoms with E-state index in [0.717, 1.165) is 11.1 Å². The van der Waals surface area contributed by atoms with Gasteiger partial charge in [0.1, 0.15) is 6.04 Å². The summed E-state index contributed by atoms with van der Waals surface area (Å²) >= 11 is 3.39. The number of ether oxygens (including phenoxy) is 1. The van der Waals surface area contributed by atoms with Crippen molar-refractivity contribution in [3.05, 3.63) is 110 Å². The molecule has 0 aromatic heterocycles. The average molecular weight is 580 g/mol. The summed E-state index contributed by atoms with van der Waals surface area (Å²) in [6.07, 6.45) is -0.0562. The molecule has 10 heteroatoms. The van der Waals surface area contributed by atoms with Crippen LogP contribution in [0.25, 0.3) is 0 Å². The smallest absolute Gasteiger partial charge is 0.311 e. The summed E-state index contributed by atoms with van der Waals surface area (Å²) in [5.41, 5.74) is 2.11. The van der Waals surface area contributed by atoms with Gasteiger partial charge in [0.2, 0.25) is 5.91 Å². The Kier molecular flexibility index (Phi) is 8.21. The Bertz CT molecular complexity index is 1380. The molecule has 0 spiro atoms. The highest BCUT2D eigenvalue weighted by molar-refractivity contribution is 9.10. The van der Waals surface area contributed by atoms with Gasteiger partial charge in [-0.05, 0) is 47.0 Å². The van der Waals surface area contributed by atoms with E-state index in [2.05, 4.69) is 21.2 Å². The van der Waals surface area contributed by atoms with Crippen LogP contribution in [0.1, 0.15) is 39.5 Å². The number of nitro groups is 1. The fourth-order valence-electron chi connectivity index (χ4n) is 4.81. The number of rotatable bonds is 7.